The summed E-state index contributed by atoms with van der Waals surface area (Å²) >= 11 is 0. The van der Waals surface area contributed by atoms with Crippen molar-refractivity contribution in [2.24, 2.45) is 0 Å². The fourth-order valence-corrected chi connectivity index (χ4v) is 5.68. The summed E-state index contributed by atoms with van der Waals surface area (Å²) in [6.07, 6.45) is 7.47. The Hall–Kier alpha value is -0.610. The van der Waals surface area contributed by atoms with Crippen molar-refractivity contribution in [3.63, 3.8) is 0 Å². The predicted molar refractivity (Wildman–Crippen MR) is 80.2 cm³/mol. The molecule has 0 aliphatic carbocycles. The topological polar surface area (TPSA) is 0 Å². The summed E-state index contributed by atoms with van der Waals surface area (Å²) < 4.78 is 0. The second-order valence-electron chi connectivity index (χ2n) is 4.68. The third kappa shape index (κ3) is 3.19. The molecule has 0 aromatic heterocycles. The molecule has 90 valence electrons. The molecule has 0 unspecified atom stereocenters. The Kier molecular flexibility index (Phi) is 5.22. The standard InChI is InChI=1S/C15H25P/c1-5-14-9-11-15(12-10-14)13-16(6-2,7-3)8-4/h5,9-12,16H,1,6-8,13H2,2-4H3. The minimum absolute atomic E-state index is 1.01. The van der Waals surface area contributed by atoms with Crippen LogP contribution >= 0.6 is 7.26 Å². The van der Waals surface area contributed by atoms with Crippen LogP contribution in [0.15, 0.2) is 30.8 Å². The molecule has 0 aliphatic rings. The summed E-state index contributed by atoms with van der Waals surface area (Å²) in [4.78, 5) is 0. The molecule has 0 amide bonds. The van der Waals surface area contributed by atoms with Gasteiger partial charge in [-0.15, -0.1) is 0 Å². The van der Waals surface area contributed by atoms with Crippen molar-refractivity contribution in [2.75, 3.05) is 18.5 Å². The van der Waals surface area contributed by atoms with Gasteiger partial charge in [0.25, 0.3) is 0 Å². The second kappa shape index (κ2) is 6.21. The van der Waals surface area contributed by atoms with Gasteiger partial charge in [0.2, 0.25) is 0 Å². The fourth-order valence-electron chi connectivity index (χ4n) is 2.33. The van der Waals surface area contributed by atoms with Gasteiger partial charge in [-0.2, -0.15) is 0 Å². The van der Waals surface area contributed by atoms with Crippen LogP contribution in [0.2, 0.25) is 0 Å². The molecule has 0 radical (unpaired) electrons. The molecule has 0 spiro atoms. The zero-order valence-electron chi connectivity index (χ0n) is 10.9. The van der Waals surface area contributed by atoms with Gasteiger partial charge in [-0.05, 0) is 0 Å². The molecule has 16 heavy (non-hydrogen) atoms. The Bertz CT molecular complexity index is 312. The van der Waals surface area contributed by atoms with Crippen LogP contribution in [0.25, 0.3) is 6.08 Å². The van der Waals surface area contributed by atoms with Crippen molar-refractivity contribution in [3.05, 3.63) is 42.0 Å². The van der Waals surface area contributed by atoms with Crippen molar-refractivity contribution in [3.8, 4) is 0 Å². The maximum atomic E-state index is 3.79. The van der Waals surface area contributed by atoms with Gasteiger partial charge in [0.1, 0.15) is 0 Å². The first-order chi connectivity index (χ1) is 7.69. The monoisotopic (exact) mass is 236 g/mol. The summed E-state index contributed by atoms with van der Waals surface area (Å²) in [6, 6.07) is 8.92. The van der Waals surface area contributed by atoms with E-state index in [1.54, 1.807) is 0 Å². The Morgan fingerprint density at radius 2 is 1.50 bits per heavy atom. The van der Waals surface area contributed by atoms with Crippen molar-refractivity contribution >= 4 is 13.3 Å². The predicted octanol–water partition coefficient (Wildman–Crippen LogP) is 4.64. The van der Waals surface area contributed by atoms with E-state index >= 15 is 0 Å². The van der Waals surface area contributed by atoms with Crippen LogP contribution in [0.3, 0.4) is 0 Å². The average Bonchev–Trinajstić information content (AvgIpc) is 2.37. The van der Waals surface area contributed by atoms with E-state index in [4.69, 9.17) is 0 Å². The first-order valence-electron chi connectivity index (χ1n) is 6.41. The molecular formula is C15H25P. The van der Waals surface area contributed by atoms with E-state index in [-0.39, 0.29) is 0 Å². The Labute approximate surface area is 101 Å². The third-order valence-corrected chi connectivity index (χ3v) is 9.70. The summed E-state index contributed by atoms with van der Waals surface area (Å²) in [7, 11) is -1.01. The molecular weight excluding hydrogens is 211 g/mol. The van der Waals surface area contributed by atoms with Crippen LogP contribution in [0, 0.1) is 0 Å². The van der Waals surface area contributed by atoms with Crippen LogP contribution in [0.4, 0.5) is 0 Å². The zero-order valence-corrected chi connectivity index (χ0v) is 11.9. The van der Waals surface area contributed by atoms with Gasteiger partial charge in [-0.1, -0.05) is 0 Å². The Morgan fingerprint density at radius 3 is 1.88 bits per heavy atom. The first kappa shape index (κ1) is 13.5. The average molecular weight is 236 g/mol. The fraction of sp³-hybridized carbons (Fsp3) is 0.467. The van der Waals surface area contributed by atoms with Gasteiger partial charge >= 0.3 is 101 Å². The molecule has 0 atom stereocenters. The number of hydrogen-bond acceptors (Lipinski definition) is 0. The quantitative estimate of drug-likeness (QED) is 0.631. The number of rotatable bonds is 6. The molecule has 1 aromatic rings. The summed E-state index contributed by atoms with van der Waals surface area (Å²) in [5.41, 5.74) is 2.74. The zero-order chi connectivity index (χ0) is 12.0. The Balaban J connectivity index is 2.81. The number of hydrogen-bond donors (Lipinski definition) is 0. The molecule has 0 heterocycles. The molecule has 0 fully saturated rings. The van der Waals surface area contributed by atoms with Gasteiger partial charge in [0.05, 0.1) is 0 Å². The van der Waals surface area contributed by atoms with E-state index in [0.717, 1.165) is 0 Å². The SMILES string of the molecule is C=Cc1ccc(C[PH](CC)(CC)CC)cc1. The molecule has 1 aromatic carbocycles. The summed E-state index contributed by atoms with van der Waals surface area (Å²) in [6.45, 7) is 10.9. The summed E-state index contributed by atoms with van der Waals surface area (Å²) in [5, 5.41) is 0. The molecule has 0 nitrogen and oxygen atoms in total. The molecule has 1 rings (SSSR count). The van der Waals surface area contributed by atoms with Gasteiger partial charge in [-0.3, -0.25) is 0 Å². The molecule has 1 heteroatoms. The maximum absolute atomic E-state index is 3.79. The molecule has 0 saturated carbocycles. The van der Waals surface area contributed by atoms with E-state index in [2.05, 4.69) is 51.6 Å². The van der Waals surface area contributed by atoms with Gasteiger partial charge in [0, 0.05) is 0 Å². The van der Waals surface area contributed by atoms with Crippen LogP contribution in [0.5, 0.6) is 0 Å². The van der Waals surface area contributed by atoms with Crippen molar-refractivity contribution in [1.82, 2.24) is 0 Å². The van der Waals surface area contributed by atoms with E-state index in [1.807, 2.05) is 6.08 Å². The first-order valence-corrected chi connectivity index (χ1v) is 9.24. The Morgan fingerprint density at radius 1 is 1.00 bits per heavy atom. The van der Waals surface area contributed by atoms with E-state index in [0.29, 0.717) is 0 Å². The van der Waals surface area contributed by atoms with Crippen molar-refractivity contribution < 1.29 is 0 Å². The van der Waals surface area contributed by atoms with Crippen LogP contribution < -0.4 is 0 Å². The normalized spacial score (nSPS) is 12.4. The molecule has 0 N–H and O–H groups in total. The van der Waals surface area contributed by atoms with E-state index < -0.39 is 7.26 Å². The number of benzene rings is 1. The van der Waals surface area contributed by atoms with E-state index in [9.17, 15) is 0 Å². The van der Waals surface area contributed by atoms with Gasteiger partial charge in [-0.25, -0.2) is 0 Å². The van der Waals surface area contributed by atoms with Crippen LogP contribution in [-0.2, 0) is 6.16 Å². The van der Waals surface area contributed by atoms with Crippen LogP contribution in [0.1, 0.15) is 31.9 Å². The summed E-state index contributed by atoms with van der Waals surface area (Å²) in [5.74, 6) is 0. The second-order valence-corrected chi connectivity index (χ2v) is 10.2. The van der Waals surface area contributed by atoms with Gasteiger partial charge in [0.15, 0.2) is 0 Å². The van der Waals surface area contributed by atoms with Gasteiger partial charge < -0.3 is 0 Å². The van der Waals surface area contributed by atoms with Crippen molar-refractivity contribution in [2.45, 2.75) is 26.9 Å². The molecule has 0 aliphatic heterocycles. The van der Waals surface area contributed by atoms with Crippen LogP contribution in [-0.4, -0.2) is 18.5 Å². The van der Waals surface area contributed by atoms with E-state index in [1.165, 1.54) is 35.8 Å². The third-order valence-electron chi connectivity index (χ3n) is 4.04. The molecule has 0 bridgehead atoms. The molecule has 0 saturated heterocycles. The minimum atomic E-state index is -1.01. The van der Waals surface area contributed by atoms with Crippen molar-refractivity contribution in [1.29, 1.82) is 0 Å².